The third-order valence-corrected chi connectivity index (χ3v) is 5.75. The van der Waals surface area contributed by atoms with Crippen LogP contribution < -0.4 is 10.6 Å². The number of amides is 1. The van der Waals surface area contributed by atoms with Gasteiger partial charge in [-0.25, -0.2) is 0 Å². The second kappa shape index (κ2) is 9.74. The van der Waals surface area contributed by atoms with Crippen LogP contribution in [0.15, 0.2) is 24.3 Å². The fourth-order valence-corrected chi connectivity index (χ4v) is 3.95. The Morgan fingerprint density at radius 2 is 1.89 bits per heavy atom. The first-order chi connectivity index (χ1) is 13.2. The number of benzene rings is 1. The van der Waals surface area contributed by atoms with Crippen LogP contribution in [0.1, 0.15) is 42.5 Å². The number of ether oxygens (including phenoxy) is 1. The summed E-state index contributed by atoms with van der Waals surface area (Å²) in [6.07, 6.45) is 4.57. The lowest BCUT2D eigenvalue weighted by Gasteiger charge is -2.31. The molecule has 1 aromatic carbocycles. The molecule has 1 aromatic rings. The summed E-state index contributed by atoms with van der Waals surface area (Å²) in [5.74, 6) is 0.934. The zero-order valence-corrected chi connectivity index (χ0v) is 16.2. The van der Waals surface area contributed by atoms with E-state index in [-0.39, 0.29) is 11.9 Å². The molecule has 0 atom stereocenters. The second-order valence-electron chi connectivity index (χ2n) is 7.67. The maximum atomic E-state index is 12.8. The van der Waals surface area contributed by atoms with Crippen molar-refractivity contribution in [1.29, 1.82) is 0 Å². The van der Waals surface area contributed by atoms with Crippen LogP contribution in [0.2, 0.25) is 0 Å². The van der Waals surface area contributed by atoms with Crippen molar-refractivity contribution in [3.63, 3.8) is 0 Å². The number of methoxy groups -OCH3 is 1. The molecule has 2 saturated heterocycles. The number of rotatable bonds is 6. The van der Waals surface area contributed by atoms with Crippen molar-refractivity contribution in [2.24, 2.45) is 11.8 Å². The summed E-state index contributed by atoms with van der Waals surface area (Å²) in [5, 5.41) is 6.88. The van der Waals surface area contributed by atoms with Gasteiger partial charge in [-0.2, -0.15) is 0 Å². The molecule has 0 aromatic heterocycles. The maximum absolute atomic E-state index is 12.8. The van der Waals surface area contributed by atoms with E-state index in [0.29, 0.717) is 31.3 Å². The normalized spacial score (nSPS) is 18.9. The molecule has 6 heteroatoms. The smallest absolute Gasteiger partial charge is 0.305 e. The van der Waals surface area contributed by atoms with Crippen LogP contribution in [0.5, 0.6) is 0 Å². The van der Waals surface area contributed by atoms with E-state index in [4.69, 9.17) is 4.74 Å². The standard InChI is InChI=1S/C21H31N3O3/c1-27-20(25)13-16-7-11-24(12-8-16)21(26)18-3-2-4-19(14-18)23-15-17-5-9-22-10-6-17/h2-4,14,16-17,22-23H,5-13,15H2,1H3. The molecule has 2 aliphatic heterocycles. The number of piperidine rings is 2. The van der Waals surface area contributed by atoms with Gasteiger partial charge in [-0.05, 0) is 68.8 Å². The van der Waals surface area contributed by atoms with Gasteiger partial charge in [0.1, 0.15) is 0 Å². The second-order valence-corrected chi connectivity index (χ2v) is 7.67. The highest BCUT2D eigenvalue weighted by atomic mass is 16.5. The number of nitrogens with one attached hydrogen (secondary N) is 2. The van der Waals surface area contributed by atoms with Crippen LogP contribution in [0.3, 0.4) is 0 Å². The first-order valence-electron chi connectivity index (χ1n) is 10.1. The van der Waals surface area contributed by atoms with Crippen molar-refractivity contribution >= 4 is 17.6 Å². The molecule has 0 bridgehead atoms. The van der Waals surface area contributed by atoms with Crippen LogP contribution in [0.25, 0.3) is 0 Å². The van der Waals surface area contributed by atoms with Gasteiger partial charge in [-0.15, -0.1) is 0 Å². The van der Waals surface area contributed by atoms with Crippen LogP contribution in [0.4, 0.5) is 5.69 Å². The summed E-state index contributed by atoms with van der Waals surface area (Å²) in [4.78, 5) is 26.2. The first-order valence-corrected chi connectivity index (χ1v) is 10.1. The fraction of sp³-hybridized carbons (Fsp3) is 0.619. The van der Waals surface area contributed by atoms with E-state index in [1.165, 1.54) is 20.0 Å². The van der Waals surface area contributed by atoms with Crippen molar-refractivity contribution in [2.75, 3.05) is 45.2 Å². The van der Waals surface area contributed by atoms with E-state index in [1.807, 2.05) is 29.2 Å². The predicted octanol–water partition coefficient (Wildman–Crippen LogP) is 2.51. The van der Waals surface area contributed by atoms with Gasteiger partial charge in [0.05, 0.1) is 7.11 Å². The number of anilines is 1. The average molecular weight is 373 g/mol. The van der Waals surface area contributed by atoms with Crippen LogP contribution in [0, 0.1) is 11.8 Å². The largest absolute Gasteiger partial charge is 0.469 e. The van der Waals surface area contributed by atoms with Gasteiger partial charge < -0.3 is 20.3 Å². The minimum absolute atomic E-state index is 0.0806. The van der Waals surface area contributed by atoms with Gasteiger partial charge in [0.25, 0.3) is 5.91 Å². The lowest BCUT2D eigenvalue weighted by atomic mass is 9.93. The monoisotopic (exact) mass is 373 g/mol. The van der Waals surface area contributed by atoms with Crippen molar-refractivity contribution < 1.29 is 14.3 Å². The van der Waals surface area contributed by atoms with Gasteiger partial charge in [0.15, 0.2) is 0 Å². The Bertz CT molecular complexity index is 635. The molecule has 2 aliphatic rings. The Kier molecular flexibility index (Phi) is 7.10. The van der Waals surface area contributed by atoms with E-state index < -0.39 is 0 Å². The van der Waals surface area contributed by atoms with E-state index in [9.17, 15) is 9.59 Å². The molecule has 2 N–H and O–H groups in total. The predicted molar refractivity (Wildman–Crippen MR) is 106 cm³/mol. The number of hydrogen-bond donors (Lipinski definition) is 2. The zero-order chi connectivity index (χ0) is 19.1. The SMILES string of the molecule is COC(=O)CC1CCN(C(=O)c2cccc(NCC3CCNCC3)c2)CC1. The molecule has 6 nitrogen and oxygen atoms in total. The lowest BCUT2D eigenvalue weighted by Crippen LogP contribution is -2.39. The molecule has 148 valence electrons. The molecule has 2 heterocycles. The van der Waals surface area contributed by atoms with Crippen LogP contribution >= 0.6 is 0 Å². The van der Waals surface area contributed by atoms with Gasteiger partial charge >= 0.3 is 5.97 Å². The van der Waals surface area contributed by atoms with Crippen LogP contribution in [-0.4, -0.2) is 56.6 Å². The number of carbonyl (C=O) groups is 2. The molecule has 0 saturated carbocycles. The number of nitrogens with zero attached hydrogens (tertiary/aromatic N) is 1. The fourth-order valence-electron chi connectivity index (χ4n) is 3.95. The van der Waals surface area contributed by atoms with Gasteiger partial charge in [-0.1, -0.05) is 6.07 Å². The van der Waals surface area contributed by atoms with Crippen LogP contribution in [-0.2, 0) is 9.53 Å². The highest BCUT2D eigenvalue weighted by molar-refractivity contribution is 5.95. The third kappa shape index (κ3) is 5.70. The number of esters is 1. The Balaban J connectivity index is 1.50. The van der Waals surface area contributed by atoms with Crippen molar-refractivity contribution in [2.45, 2.75) is 32.1 Å². The number of likely N-dealkylation sites (tertiary alicyclic amines) is 1. The Morgan fingerprint density at radius 1 is 1.15 bits per heavy atom. The summed E-state index contributed by atoms with van der Waals surface area (Å²) in [6.45, 7) is 4.55. The van der Waals surface area contributed by atoms with Crippen molar-refractivity contribution in [1.82, 2.24) is 10.2 Å². The molecule has 0 unspecified atom stereocenters. The topological polar surface area (TPSA) is 70.7 Å². The summed E-state index contributed by atoms with van der Waals surface area (Å²) in [6, 6.07) is 7.82. The highest BCUT2D eigenvalue weighted by Crippen LogP contribution is 2.23. The summed E-state index contributed by atoms with van der Waals surface area (Å²) >= 11 is 0. The molecular weight excluding hydrogens is 342 g/mol. The Labute approximate surface area is 161 Å². The molecule has 0 radical (unpaired) electrons. The number of hydrogen-bond acceptors (Lipinski definition) is 5. The van der Waals surface area contributed by atoms with Gasteiger partial charge in [0, 0.05) is 37.3 Å². The van der Waals surface area contributed by atoms with Gasteiger partial charge in [-0.3, -0.25) is 9.59 Å². The zero-order valence-electron chi connectivity index (χ0n) is 16.2. The Hall–Kier alpha value is -2.08. The molecule has 3 rings (SSSR count). The van der Waals surface area contributed by atoms with E-state index in [0.717, 1.165) is 43.7 Å². The Morgan fingerprint density at radius 3 is 2.59 bits per heavy atom. The third-order valence-electron chi connectivity index (χ3n) is 5.75. The lowest BCUT2D eigenvalue weighted by molar-refractivity contribution is -0.142. The molecule has 0 spiro atoms. The number of carbonyl (C=O) groups excluding carboxylic acids is 2. The summed E-state index contributed by atoms with van der Waals surface area (Å²) in [5.41, 5.74) is 1.75. The van der Waals surface area contributed by atoms with E-state index in [1.54, 1.807) is 0 Å². The minimum Gasteiger partial charge on any atom is -0.469 e. The van der Waals surface area contributed by atoms with E-state index >= 15 is 0 Å². The quantitative estimate of drug-likeness (QED) is 0.750. The first kappa shape index (κ1) is 19.7. The van der Waals surface area contributed by atoms with Gasteiger partial charge in [0.2, 0.25) is 0 Å². The summed E-state index contributed by atoms with van der Waals surface area (Å²) < 4.78 is 4.75. The minimum atomic E-state index is -0.160. The molecular formula is C21H31N3O3. The molecule has 27 heavy (non-hydrogen) atoms. The molecule has 1 amide bonds. The van der Waals surface area contributed by atoms with E-state index in [2.05, 4.69) is 10.6 Å². The highest BCUT2D eigenvalue weighted by Gasteiger charge is 2.25. The molecule has 0 aliphatic carbocycles. The average Bonchev–Trinajstić information content (AvgIpc) is 2.73. The summed E-state index contributed by atoms with van der Waals surface area (Å²) in [7, 11) is 1.42. The molecule has 2 fully saturated rings. The maximum Gasteiger partial charge on any atom is 0.305 e. The van der Waals surface area contributed by atoms with Crippen molar-refractivity contribution in [3.8, 4) is 0 Å². The van der Waals surface area contributed by atoms with Crippen molar-refractivity contribution in [3.05, 3.63) is 29.8 Å².